The lowest BCUT2D eigenvalue weighted by Gasteiger charge is -2.40. The van der Waals surface area contributed by atoms with Crippen LogP contribution in [-0.2, 0) is 0 Å². The average molecular weight is 275 g/mol. The van der Waals surface area contributed by atoms with Gasteiger partial charge in [0.2, 0.25) is 0 Å². The second-order valence-corrected chi connectivity index (χ2v) is 7.30. The van der Waals surface area contributed by atoms with Gasteiger partial charge in [0.15, 0.2) is 0 Å². The van der Waals surface area contributed by atoms with Gasteiger partial charge in [-0.15, -0.1) is 12.4 Å². The summed E-state index contributed by atoms with van der Waals surface area (Å²) in [5.74, 6) is 1.63. The van der Waals surface area contributed by atoms with Crippen LogP contribution in [0, 0.1) is 17.3 Å². The molecule has 108 valence electrons. The fourth-order valence-corrected chi connectivity index (χ4v) is 3.42. The largest absolute Gasteiger partial charge is 0.327 e. The Morgan fingerprint density at radius 1 is 1.17 bits per heavy atom. The maximum absolute atomic E-state index is 6.08. The van der Waals surface area contributed by atoms with Crippen LogP contribution in [0.15, 0.2) is 0 Å². The first-order valence-electron chi connectivity index (χ1n) is 7.44. The Balaban J connectivity index is 0.00000162. The number of piperidine rings is 1. The molecule has 3 heteroatoms. The van der Waals surface area contributed by atoms with Crippen LogP contribution >= 0.6 is 12.4 Å². The van der Waals surface area contributed by atoms with E-state index in [2.05, 4.69) is 25.7 Å². The molecule has 2 N–H and O–H groups in total. The first kappa shape index (κ1) is 16.3. The van der Waals surface area contributed by atoms with E-state index in [1.165, 1.54) is 51.7 Å². The van der Waals surface area contributed by atoms with Crippen LogP contribution in [0.1, 0.15) is 52.9 Å². The third kappa shape index (κ3) is 4.40. The second kappa shape index (κ2) is 6.58. The molecule has 2 fully saturated rings. The highest BCUT2D eigenvalue weighted by Crippen LogP contribution is 2.38. The van der Waals surface area contributed by atoms with Gasteiger partial charge in [-0.3, -0.25) is 0 Å². The Bertz CT molecular complexity index is 245. The molecule has 1 aliphatic carbocycles. The van der Waals surface area contributed by atoms with E-state index in [-0.39, 0.29) is 12.4 Å². The number of hydrogen-bond acceptors (Lipinski definition) is 2. The Labute approximate surface area is 119 Å². The van der Waals surface area contributed by atoms with E-state index >= 15 is 0 Å². The summed E-state index contributed by atoms with van der Waals surface area (Å²) in [6, 6.07) is 0.441. The van der Waals surface area contributed by atoms with E-state index in [9.17, 15) is 0 Å². The molecule has 1 saturated carbocycles. The van der Waals surface area contributed by atoms with Crippen LogP contribution < -0.4 is 5.73 Å². The maximum atomic E-state index is 6.08. The summed E-state index contributed by atoms with van der Waals surface area (Å²) >= 11 is 0. The van der Waals surface area contributed by atoms with Crippen molar-refractivity contribution >= 4 is 12.4 Å². The quantitative estimate of drug-likeness (QED) is 0.837. The number of halogens is 1. The summed E-state index contributed by atoms with van der Waals surface area (Å²) in [5, 5.41) is 0. The molecule has 2 rings (SSSR count). The number of nitrogens with two attached hydrogens (primary N) is 1. The molecule has 1 saturated heterocycles. The highest BCUT2D eigenvalue weighted by molar-refractivity contribution is 5.85. The second-order valence-electron chi connectivity index (χ2n) is 7.30. The predicted octanol–water partition coefficient (Wildman–Crippen LogP) is 3.29. The molecule has 1 heterocycles. The molecule has 0 aromatic heterocycles. The summed E-state index contributed by atoms with van der Waals surface area (Å²) in [6.07, 6.45) is 6.90. The van der Waals surface area contributed by atoms with E-state index in [0.717, 1.165) is 5.92 Å². The molecular formula is C15H31ClN2. The molecule has 0 aromatic rings. The van der Waals surface area contributed by atoms with Gasteiger partial charge in [-0.05, 0) is 55.9 Å². The van der Waals surface area contributed by atoms with Crippen molar-refractivity contribution in [3.05, 3.63) is 0 Å². The van der Waals surface area contributed by atoms with Crippen LogP contribution in [0.2, 0.25) is 0 Å². The van der Waals surface area contributed by atoms with Gasteiger partial charge in [0.1, 0.15) is 0 Å². The minimum atomic E-state index is 0. The zero-order chi connectivity index (χ0) is 12.5. The fraction of sp³-hybridized carbons (Fsp3) is 1.00. The SMILES string of the molecule is CC1CN(CC2CCC(C)(C)CC2)CCC1N.Cl. The summed E-state index contributed by atoms with van der Waals surface area (Å²) in [5.41, 5.74) is 6.69. The van der Waals surface area contributed by atoms with Gasteiger partial charge < -0.3 is 10.6 Å². The van der Waals surface area contributed by atoms with Gasteiger partial charge >= 0.3 is 0 Å². The topological polar surface area (TPSA) is 29.3 Å². The Kier molecular flexibility index (Phi) is 5.95. The van der Waals surface area contributed by atoms with Gasteiger partial charge in [0.05, 0.1) is 0 Å². The number of likely N-dealkylation sites (tertiary alicyclic amines) is 1. The molecular weight excluding hydrogens is 244 g/mol. The van der Waals surface area contributed by atoms with Gasteiger partial charge in [-0.25, -0.2) is 0 Å². The van der Waals surface area contributed by atoms with Crippen molar-refractivity contribution in [2.45, 2.75) is 58.9 Å². The van der Waals surface area contributed by atoms with Gasteiger partial charge in [-0.2, -0.15) is 0 Å². The van der Waals surface area contributed by atoms with Crippen molar-refractivity contribution in [3.63, 3.8) is 0 Å². The third-order valence-corrected chi connectivity index (χ3v) is 5.03. The normalized spacial score (nSPS) is 34.0. The predicted molar refractivity (Wildman–Crippen MR) is 81.2 cm³/mol. The number of hydrogen-bond donors (Lipinski definition) is 1. The Hall–Kier alpha value is 0.210. The molecule has 0 aromatic carbocycles. The third-order valence-electron chi connectivity index (χ3n) is 5.03. The summed E-state index contributed by atoms with van der Waals surface area (Å²) in [6.45, 7) is 10.9. The molecule has 0 amide bonds. The molecule has 2 aliphatic rings. The molecule has 18 heavy (non-hydrogen) atoms. The van der Waals surface area contributed by atoms with Crippen molar-refractivity contribution in [3.8, 4) is 0 Å². The highest BCUT2D eigenvalue weighted by atomic mass is 35.5. The maximum Gasteiger partial charge on any atom is 0.00889 e. The van der Waals surface area contributed by atoms with E-state index in [1.807, 2.05) is 0 Å². The average Bonchev–Trinajstić information content (AvgIpc) is 2.27. The molecule has 1 aliphatic heterocycles. The van der Waals surface area contributed by atoms with Crippen LogP contribution in [0.4, 0.5) is 0 Å². The van der Waals surface area contributed by atoms with Crippen molar-refractivity contribution in [2.75, 3.05) is 19.6 Å². The minimum Gasteiger partial charge on any atom is -0.327 e. The molecule has 2 atom stereocenters. The Morgan fingerprint density at radius 3 is 2.33 bits per heavy atom. The summed E-state index contributed by atoms with van der Waals surface area (Å²) in [4.78, 5) is 2.66. The van der Waals surface area contributed by atoms with Crippen molar-refractivity contribution in [2.24, 2.45) is 23.0 Å². The lowest BCUT2D eigenvalue weighted by atomic mass is 9.73. The zero-order valence-electron chi connectivity index (χ0n) is 12.3. The van der Waals surface area contributed by atoms with Crippen molar-refractivity contribution < 1.29 is 0 Å². The van der Waals surface area contributed by atoms with E-state index < -0.39 is 0 Å². The first-order chi connectivity index (χ1) is 7.96. The highest BCUT2D eigenvalue weighted by Gasteiger charge is 2.29. The standard InChI is InChI=1S/C15H30N2.ClH/c1-12-10-17(9-6-14(12)16)11-13-4-7-15(2,3)8-5-13;/h12-14H,4-11,16H2,1-3H3;1H. The van der Waals surface area contributed by atoms with Gasteiger partial charge in [0.25, 0.3) is 0 Å². The molecule has 2 unspecified atom stereocenters. The van der Waals surface area contributed by atoms with Crippen LogP contribution in [0.3, 0.4) is 0 Å². The number of rotatable bonds is 2. The first-order valence-corrected chi connectivity index (χ1v) is 7.44. The van der Waals surface area contributed by atoms with Crippen LogP contribution in [0.5, 0.6) is 0 Å². The monoisotopic (exact) mass is 274 g/mol. The number of nitrogens with zero attached hydrogens (tertiary/aromatic N) is 1. The van der Waals surface area contributed by atoms with E-state index in [0.29, 0.717) is 17.4 Å². The minimum absolute atomic E-state index is 0. The van der Waals surface area contributed by atoms with Crippen LogP contribution in [-0.4, -0.2) is 30.6 Å². The van der Waals surface area contributed by atoms with E-state index in [4.69, 9.17) is 5.73 Å². The Morgan fingerprint density at radius 2 is 1.78 bits per heavy atom. The molecule has 0 spiro atoms. The molecule has 2 nitrogen and oxygen atoms in total. The van der Waals surface area contributed by atoms with Crippen LogP contribution in [0.25, 0.3) is 0 Å². The summed E-state index contributed by atoms with van der Waals surface area (Å²) < 4.78 is 0. The van der Waals surface area contributed by atoms with Crippen molar-refractivity contribution in [1.29, 1.82) is 0 Å². The molecule has 0 radical (unpaired) electrons. The smallest absolute Gasteiger partial charge is 0.00889 e. The lowest BCUT2D eigenvalue weighted by Crippen LogP contribution is -2.47. The lowest BCUT2D eigenvalue weighted by molar-refractivity contribution is 0.107. The zero-order valence-corrected chi connectivity index (χ0v) is 13.1. The van der Waals surface area contributed by atoms with E-state index in [1.54, 1.807) is 0 Å². The molecule has 0 bridgehead atoms. The van der Waals surface area contributed by atoms with Crippen molar-refractivity contribution in [1.82, 2.24) is 4.90 Å². The summed E-state index contributed by atoms with van der Waals surface area (Å²) in [7, 11) is 0. The fourth-order valence-electron chi connectivity index (χ4n) is 3.42. The van der Waals surface area contributed by atoms with Gasteiger partial charge in [-0.1, -0.05) is 20.8 Å². The van der Waals surface area contributed by atoms with Gasteiger partial charge in [0, 0.05) is 19.1 Å².